The summed E-state index contributed by atoms with van der Waals surface area (Å²) >= 11 is 0. The van der Waals surface area contributed by atoms with Gasteiger partial charge in [0.15, 0.2) is 0 Å². The molecule has 1 aliphatic heterocycles. The first-order valence-electron chi connectivity index (χ1n) is 10.3. The Kier molecular flexibility index (Phi) is 13.7. The van der Waals surface area contributed by atoms with Crippen LogP contribution in [-0.4, -0.2) is 29.3 Å². The maximum absolute atomic E-state index is 9.02. The highest BCUT2D eigenvalue weighted by Gasteiger charge is 2.16. The first-order valence-corrected chi connectivity index (χ1v) is 10.3. The lowest BCUT2D eigenvalue weighted by atomic mass is 10.1. The van der Waals surface area contributed by atoms with Crippen LogP contribution < -0.4 is 5.32 Å². The molecule has 0 aromatic rings. The van der Waals surface area contributed by atoms with Crippen LogP contribution in [0, 0.1) is 0 Å². The Morgan fingerprint density at radius 1 is 0.917 bits per heavy atom. The summed E-state index contributed by atoms with van der Waals surface area (Å²) in [6, 6.07) is 0. The molecule has 0 spiro atoms. The Morgan fingerprint density at radius 2 is 1.54 bits per heavy atom. The van der Waals surface area contributed by atoms with Crippen molar-refractivity contribution in [3.05, 3.63) is 24.6 Å². The largest absolute Gasteiger partial charge is 0.395 e. The fourth-order valence-electron chi connectivity index (χ4n) is 3.28. The Bertz CT molecular complexity index is 328. The predicted molar refractivity (Wildman–Crippen MR) is 105 cm³/mol. The molecule has 0 radical (unpaired) electrons. The summed E-state index contributed by atoms with van der Waals surface area (Å²) in [6.07, 6.45) is 26.5. The van der Waals surface area contributed by atoms with Gasteiger partial charge >= 0.3 is 0 Å². The van der Waals surface area contributed by atoms with Gasteiger partial charge in [0, 0.05) is 18.9 Å². The molecule has 0 aliphatic carbocycles. The second kappa shape index (κ2) is 15.6. The van der Waals surface area contributed by atoms with E-state index in [0.717, 1.165) is 13.0 Å². The van der Waals surface area contributed by atoms with Gasteiger partial charge in [-0.3, -0.25) is 0 Å². The Morgan fingerprint density at radius 3 is 2.21 bits per heavy atom. The van der Waals surface area contributed by atoms with Gasteiger partial charge < -0.3 is 15.3 Å². The Balaban J connectivity index is 1.83. The molecule has 0 fully saturated rings. The van der Waals surface area contributed by atoms with Gasteiger partial charge in [0.1, 0.15) is 0 Å². The fraction of sp³-hybridized carbons (Fsp3) is 0.810. The average molecular weight is 337 g/mol. The predicted octanol–water partition coefficient (Wildman–Crippen LogP) is 5.33. The summed E-state index contributed by atoms with van der Waals surface area (Å²) in [5.74, 6) is 0. The summed E-state index contributed by atoms with van der Waals surface area (Å²) in [6.45, 7) is 3.23. The van der Waals surface area contributed by atoms with E-state index < -0.39 is 0 Å². The molecule has 0 saturated carbocycles. The summed E-state index contributed by atoms with van der Waals surface area (Å²) < 4.78 is 0. The van der Waals surface area contributed by atoms with E-state index >= 15 is 0 Å². The highest BCUT2D eigenvalue weighted by molar-refractivity contribution is 4.94. The Labute approximate surface area is 150 Å². The van der Waals surface area contributed by atoms with E-state index in [1.165, 1.54) is 77.0 Å². The summed E-state index contributed by atoms with van der Waals surface area (Å²) in [7, 11) is 0. The highest BCUT2D eigenvalue weighted by Crippen LogP contribution is 2.13. The smallest absolute Gasteiger partial charge is 0.0982 e. The van der Waals surface area contributed by atoms with Crippen molar-refractivity contribution in [3.63, 3.8) is 0 Å². The van der Waals surface area contributed by atoms with Crippen molar-refractivity contribution < 1.29 is 5.11 Å². The molecule has 0 amide bonds. The fourth-order valence-corrected chi connectivity index (χ4v) is 3.28. The van der Waals surface area contributed by atoms with Crippen molar-refractivity contribution in [2.75, 3.05) is 13.2 Å². The topological polar surface area (TPSA) is 35.5 Å². The van der Waals surface area contributed by atoms with Gasteiger partial charge in [0.25, 0.3) is 0 Å². The second-order valence-electron chi connectivity index (χ2n) is 6.98. The molecule has 1 unspecified atom stereocenters. The number of nitrogens with one attached hydrogen (secondary N) is 1. The summed E-state index contributed by atoms with van der Waals surface area (Å²) in [5.41, 5.74) is 0. The lowest BCUT2D eigenvalue weighted by Crippen LogP contribution is -2.36. The number of nitrogens with zero attached hydrogens (tertiary/aromatic N) is 1. The van der Waals surface area contributed by atoms with Gasteiger partial charge in [-0.2, -0.15) is 0 Å². The monoisotopic (exact) mass is 336 g/mol. The van der Waals surface area contributed by atoms with Gasteiger partial charge in [-0.05, 0) is 32.1 Å². The lowest BCUT2D eigenvalue weighted by Gasteiger charge is -2.24. The first-order chi connectivity index (χ1) is 11.9. The number of hydrogen-bond donors (Lipinski definition) is 2. The third kappa shape index (κ3) is 10.7. The van der Waals surface area contributed by atoms with Crippen LogP contribution in [0.3, 0.4) is 0 Å². The third-order valence-electron chi connectivity index (χ3n) is 4.80. The zero-order valence-corrected chi connectivity index (χ0v) is 15.9. The van der Waals surface area contributed by atoms with Crippen molar-refractivity contribution in [1.29, 1.82) is 0 Å². The van der Waals surface area contributed by atoms with Crippen molar-refractivity contribution >= 4 is 0 Å². The van der Waals surface area contributed by atoms with Crippen molar-refractivity contribution in [2.45, 2.75) is 96.6 Å². The van der Waals surface area contributed by atoms with E-state index in [1.807, 2.05) is 12.4 Å². The van der Waals surface area contributed by atoms with Crippen LogP contribution in [0.2, 0.25) is 0 Å². The van der Waals surface area contributed by atoms with E-state index in [2.05, 4.69) is 29.3 Å². The summed E-state index contributed by atoms with van der Waals surface area (Å²) in [5, 5.41) is 12.4. The minimum Gasteiger partial charge on any atom is -0.395 e. The zero-order valence-electron chi connectivity index (χ0n) is 15.9. The molecular formula is C21H40N2O. The van der Waals surface area contributed by atoms with Gasteiger partial charge in [0.2, 0.25) is 0 Å². The molecule has 3 nitrogen and oxygen atoms in total. The summed E-state index contributed by atoms with van der Waals surface area (Å²) in [4.78, 5) is 2.19. The minimum atomic E-state index is 0.223. The van der Waals surface area contributed by atoms with Gasteiger partial charge in [0.05, 0.1) is 12.8 Å². The molecule has 1 aliphatic rings. The molecule has 3 heteroatoms. The third-order valence-corrected chi connectivity index (χ3v) is 4.80. The van der Waals surface area contributed by atoms with E-state index in [9.17, 15) is 0 Å². The standard InChI is InChI=1S/C21H40N2O/c1-2-3-4-5-6-7-8-9-10-11-12-13-14-15-16-21-22-17-18-23(21)19-20-24/h12-13,17-18,21-22,24H,2-11,14-16,19-20H2,1H3/b13-12+. The number of allylic oxidation sites excluding steroid dienone is 2. The molecule has 24 heavy (non-hydrogen) atoms. The average Bonchev–Trinajstić information content (AvgIpc) is 3.03. The SMILES string of the molecule is CCCCCCCCCCC/C=C/CCCC1NC=CN1CCO. The molecule has 0 saturated heterocycles. The molecule has 1 atom stereocenters. The molecule has 140 valence electrons. The van der Waals surface area contributed by atoms with E-state index in [0.29, 0.717) is 6.17 Å². The van der Waals surface area contributed by atoms with Gasteiger partial charge in [-0.25, -0.2) is 0 Å². The maximum Gasteiger partial charge on any atom is 0.0982 e. The van der Waals surface area contributed by atoms with Crippen LogP contribution in [0.15, 0.2) is 24.6 Å². The molecule has 1 heterocycles. The molecule has 1 rings (SSSR count). The van der Waals surface area contributed by atoms with Crippen LogP contribution in [-0.2, 0) is 0 Å². The lowest BCUT2D eigenvalue weighted by molar-refractivity contribution is 0.194. The number of aliphatic hydroxyl groups is 1. The van der Waals surface area contributed by atoms with Crippen molar-refractivity contribution in [1.82, 2.24) is 10.2 Å². The zero-order chi connectivity index (χ0) is 17.3. The maximum atomic E-state index is 9.02. The van der Waals surface area contributed by atoms with Gasteiger partial charge in [-0.1, -0.05) is 70.4 Å². The van der Waals surface area contributed by atoms with Gasteiger partial charge in [-0.15, -0.1) is 0 Å². The van der Waals surface area contributed by atoms with Crippen molar-refractivity contribution in [3.8, 4) is 0 Å². The number of β-amino-alcohol motifs (C(OH)–C–C–N with tert-alkyl or cyclic N) is 1. The normalized spacial score (nSPS) is 17.1. The highest BCUT2D eigenvalue weighted by atomic mass is 16.3. The molecule has 2 N–H and O–H groups in total. The van der Waals surface area contributed by atoms with Crippen LogP contribution >= 0.6 is 0 Å². The van der Waals surface area contributed by atoms with E-state index in [1.54, 1.807) is 0 Å². The number of aliphatic hydroxyl groups excluding tert-OH is 1. The van der Waals surface area contributed by atoms with Crippen LogP contribution in [0.1, 0.15) is 90.4 Å². The molecule has 0 aromatic heterocycles. The number of rotatable bonds is 16. The Hall–Kier alpha value is -0.960. The van der Waals surface area contributed by atoms with Crippen LogP contribution in [0.4, 0.5) is 0 Å². The second-order valence-corrected chi connectivity index (χ2v) is 6.98. The van der Waals surface area contributed by atoms with E-state index in [4.69, 9.17) is 5.11 Å². The number of hydrogen-bond acceptors (Lipinski definition) is 3. The van der Waals surface area contributed by atoms with E-state index in [-0.39, 0.29) is 6.61 Å². The number of unbranched alkanes of at least 4 members (excludes halogenated alkanes) is 10. The van der Waals surface area contributed by atoms with Crippen LogP contribution in [0.25, 0.3) is 0 Å². The van der Waals surface area contributed by atoms with Crippen LogP contribution in [0.5, 0.6) is 0 Å². The first kappa shape index (κ1) is 21.1. The molecular weight excluding hydrogens is 296 g/mol. The van der Waals surface area contributed by atoms with Crippen molar-refractivity contribution in [2.24, 2.45) is 0 Å². The molecule has 0 bridgehead atoms. The molecule has 0 aromatic carbocycles. The quantitative estimate of drug-likeness (QED) is 0.295. The minimum absolute atomic E-state index is 0.223.